The summed E-state index contributed by atoms with van der Waals surface area (Å²) in [6.45, 7) is 5.22. The van der Waals surface area contributed by atoms with E-state index in [-0.39, 0.29) is 17.7 Å². The topological polar surface area (TPSA) is 98.8 Å². The van der Waals surface area contributed by atoms with Crippen molar-refractivity contribution >= 4 is 72.8 Å². The maximum atomic E-state index is 11.5. The van der Waals surface area contributed by atoms with E-state index in [4.69, 9.17) is 11.6 Å². The van der Waals surface area contributed by atoms with Crippen molar-refractivity contribution in [1.29, 1.82) is 0 Å². The third-order valence-electron chi connectivity index (χ3n) is 5.80. The van der Waals surface area contributed by atoms with Crippen molar-refractivity contribution < 1.29 is 27.4 Å². The van der Waals surface area contributed by atoms with Crippen LogP contribution in [0.2, 0.25) is 5.02 Å². The Morgan fingerprint density at radius 2 is 1.97 bits per heavy atom. The molecule has 4 rings (SSSR count). The molecule has 0 spiro atoms. The number of thioether (sulfide) groups is 1. The highest BCUT2D eigenvalue weighted by atomic mass is 35.5. The molecule has 0 unspecified atom stereocenters. The molecule has 0 saturated carbocycles. The molecule has 11 heteroatoms. The first-order valence-corrected chi connectivity index (χ1v) is 15.0. The fourth-order valence-electron chi connectivity index (χ4n) is 4.05. The number of aromatic nitrogens is 1. The molecule has 3 aromatic rings. The highest BCUT2D eigenvalue weighted by Crippen LogP contribution is 2.46. The van der Waals surface area contributed by atoms with Gasteiger partial charge < -0.3 is 10.0 Å². The van der Waals surface area contributed by atoms with Gasteiger partial charge in [-0.15, -0.1) is 0 Å². The molecular formula is C25H26ClN2O5S3+. The summed E-state index contributed by atoms with van der Waals surface area (Å²) in [5.74, 6) is -1.27. The van der Waals surface area contributed by atoms with Gasteiger partial charge in [0.2, 0.25) is 5.52 Å². The number of fused-ring (bicyclic) bond motifs is 2. The number of halogens is 1. The van der Waals surface area contributed by atoms with E-state index in [1.165, 1.54) is 0 Å². The SMILES string of the molecule is CCC(=Cc1sc2ccc(Cl)cc2[n+]1CCCS(=O)(=O)O)C=C1Sc2ccc(C(=O)O)cc2N1CC. The summed E-state index contributed by atoms with van der Waals surface area (Å²) in [5, 5.41) is 12.0. The van der Waals surface area contributed by atoms with Gasteiger partial charge in [0.1, 0.15) is 4.70 Å². The minimum atomic E-state index is -4.04. The average Bonchev–Trinajstić information content (AvgIpc) is 3.34. The van der Waals surface area contributed by atoms with E-state index in [9.17, 15) is 22.9 Å². The molecule has 190 valence electrons. The molecule has 2 heterocycles. The van der Waals surface area contributed by atoms with Gasteiger partial charge in [0.05, 0.1) is 22.0 Å². The van der Waals surface area contributed by atoms with Crippen LogP contribution < -0.4 is 9.47 Å². The van der Waals surface area contributed by atoms with Crippen molar-refractivity contribution in [3.05, 3.63) is 68.7 Å². The second kappa shape index (κ2) is 10.9. The van der Waals surface area contributed by atoms with Gasteiger partial charge in [-0.1, -0.05) is 41.6 Å². The molecule has 0 atom stereocenters. The second-order valence-corrected chi connectivity index (χ2v) is 12.4. The van der Waals surface area contributed by atoms with Crippen molar-refractivity contribution in [2.24, 2.45) is 0 Å². The van der Waals surface area contributed by atoms with E-state index in [1.807, 2.05) is 35.8 Å². The number of anilines is 1. The molecule has 0 amide bonds. The van der Waals surface area contributed by atoms with Crippen molar-refractivity contribution in [3.63, 3.8) is 0 Å². The summed E-state index contributed by atoms with van der Waals surface area (Å²) in [4.78, 5) is 14.6. The molecule has 36 heavy (non-hydrogen) atoms. The van der Waals surface area contributed by atoms with Gasteiger partial charge in [-0.25, -0.2) is 4.79 Å². The lowest BCUT2D eigenvalue weighted by atomic mass is 10.1. The van der Waals surface area contributed by atoms with E-state index in [2.05, 4.69) is 24.0 Å². The molecular weight excluding hydrogens is 540 g/mol. The number of rotatable bonds is 9. The zero-order valence-corrected chi connectivity index (χ0v) is 23.0. The maximum absolute atomic E-state index is 11.5. The Morgan fingerprint density at radius 3 is 2.64 bits per heavy atom. The van der Waals surface area contributed by atoms with Crippen LogP contribution in [0.1, 0.15) is 42.1 Å². The third kappa shape index (κ3) is 5.95. The summed E-state index contributed by atoms with van der Waals surface area (Å²) in [6.07, 6.45) is 5.25. The van der Waals surface area contributed by atoms with Crippen LogP contribution in [-0.2, 0) is 16.7 Å². The van der Waals surface area contributed by atoms with Gasteiger partial charge in [0.25, 0.3) is 15.1 Å². The fraction of sp³-hybridized carbons (Fsp3) is 0.280. The summed E-state index contributed by atoms with van der Waals surface area (Å²) < 4.78 is 34.8. The standard InChI is InChI=1S/C25H25ClN2O5S3/c1-3-16(12-23-27(4-2)19-14-17(25(29)30)6-8-21(19)34-23)13-24-28(10-5-11-36(31,32)33)20-15-18(26)7-9-22(20)35-24/h6-9,12-15H,3-5,10-11H2,1-2H3,(H-,29,30,31,32,33)/p+1. The predicted molar refractivity (Wildman–Crippen MR) is 147 cm³/mol. The van der Waals surface area contributed by atoms with E-state index in [0.29, 0.717) is 18.1 Å². The van der Waals surface area contributed by atoms with E-state index in [1.54, 1.807) is 35.2 Å². The van der Waals surface area contributed by atoms with Crippen molar-refractivity contribution in [1.82, 2.24) is 0 Å². The average molecular weight is 566 g/mol. The highest BCUT2D eigenvalue weighted by Gasteiger charge is 2.26. The largest absolute Gasteiger partial charge is 0.478 e. The van der Waals surface area contributed by atoms with Crippen LogP contribution in [0.5, 0.6) is 0 Å². The fourth-order valence-corrected chi connectivity index (χ4v) is 7.04. The first kappa shape index (κ1) is 26.7. The van der Waals surface area contributed by atoms with Crippen molar-refractivity contribution in [3.8, 4) is 0 Å². The molecule has 1 aromatic heterocycles. The summed E-state index contributed by atoms with van der Waals surface area (Å²) in [7, 11) is -4.04. The lowest BCUT2D eigenvalue weighted by Gasteiger charge is -2.18. The summed E-state index contributed by atoms with van der Waals surface area (Å²) in [6, 6.07) is 10.8. The number of thiazole rings is 1. The molecule has 0 aliphatic carbocycles. The number of nitrogens with zero attached hydrogens (tertiary/aromatic N) is 2. The van der Waals surface area contributed by atoms with E-state index in [0.717, 1.165) is 42.8 Å². The normalized spacial score (nSPS) is 15.2. The van der Waals surface area contributed by atoms with E-state index >= 15 is 0 Å². The number of carboxylic acid groups (broad SMARTS) is 1. The van der Waals surface area contributed by atoms with Crippen molar-refractivity contribution in [2.75, 3.05) is 17.2 Å². The lowest BCUT2D eigenvalue weighted by molar-refractivity contribution is -0.668. The van der Waals surface area contributed by atoms with Gasteiger partial charge in [-0.3, -0.25) is 4.55 Å². The molecule has 0 bridgehead atoms. The third-order valence-corrected chi connectivity index (χ3v) is 9.06. The minimum absolute atomic E-state index is 0.259. The number of hydrogen-bond donors (Lipinski definition) is 2. The monoisotopic (exact) mass is 565 g/mol. The minimum Gasteiger partial charge on any atom is -0.478 e. The summed E-state index contributed by atoms with van der Waals surface area (Å²) in [5.41, 5.74) is 3.13. The lowest BCUT2D eigenvalue weighted by Crippen LogP contribution is -2.36. The molecule has 2 aromatic carbocycles. The molecule has 0 fully saturated rings. The van der Waals surface area contributed by atoms with Crippen LogP contribution in [0, 0.1) is 0 Å². The molecule has 1 aliphatic rings. The second-order valence-electron chi connectivity index (χ2n) is 8.23. The Bertz CT molecular complexity index is 1490. The van der Waals surface area contributed by atoms with E-state index < -0.39 is 16.1 Å². The van der Waals surface area contributed by atoms with Crippen LogP contribution in [0.3, 0.4) is 0 Å². The molecule has 7 nitrogen and oxygen atoms in total. The Morgan fingerprint density at radius 1 is 1.19 bits per heavy atom. The van der Waals surface area contributed by atoms with Crippen LogP contribution in [-0.4, -0.2) is 36.3 Å². The van der Waals surface area contributed by atoms with Crippen molar-refractivity contribution in [2.45, 2.75) is 38.1 Å². The van der Waals surface area contributed by atoms with Crippen LogP contribution in [0.25, 0.3) is 16.3 Å². The first-order valence-electron chi connectivity index (χ1n) is 11.4. The zero-order valence-electron chi connectivity index (χ0n) is 19.8. The molecule has 0 radical (unpaired) electrons. The Kier molecular flexibility index (Phi) is 8.11. The number of aromatic carboxylic acids is 1. The van der Waals surface area contributed by atoms with Gasteiger partial charge >= 0.3 is 5.97 Å². The molecule has 1 aliphatic heterocycles. The number of carbonyl (C=O) groups is 1. The Hall–Kier alpha value is -2.37. The van der Waals surface area contributed by atoms with Crippen LogP contribution >= 0.6 is 34.7 Å². The zero-order chi connectivity index (χ0) is 26.0. The number of hydrogen-bond acceptors (Lipinski definition) is 6. The molecule has 2 N–H and O–H groups in total. The Balaban J connectivity index is 1.72. The quantitative estimate of drug-likeness (QED) is 0.239. The molecule has 0 saturated heterocycles. The highest BCUT2D eigenvalue weighted by molar-refractivity contribution is 8.03. The van der Waals surface area contributed by atoms with Crippen LogP contribution in [0.15, 0.2) is 58.0 Å². The summed E-state index contributed by atoms with van der Waals surface area (Å²) >= 11 is 9.45. The number of carboxylic acids is 1. The number of benzene rings is 2. The number of allylic oxidation sites excluding steroid dienone is 2. The van der Waals surface area contributed by atoms with Crippen LogP contribution in [0.4, 0.5) is 5.69 Å². The number of aryl methyl sites for hydroxylation is 1. The Labute approximate surface area is 223 Å². The maximum Gasteiger partial charge on any atom is 0.335 e. The van der Waals surface area contributed by atoms with Gasteiger partial charge in [0, 0.05) is 35.0 Å². The van der Waals surface area contributed by atoms with Gasteiger partial charge in [0.15, 0.2) is 6.54 Å². The van der Waals surface area contributed by atoms with Gasteiger partial charge in [-0.05, 0) is 55.3 Å². The predicted octanol–water partition coefficient (Wildman–Crippen LogP) is 6.09. The first-order chi connectivity index (χ1) is 17.1. The van der Waals surface area contributed by atoms with Gasteiger partial charge in [-0.2, -0.15) is 13.0 Å². The smallest absolute Gasteiger partial charge is 0.335 e.